The first kappa shape index (κ1) is 19.7. The zero-order valence-electron chi connectivity index (χ0n) is 17.2. The fraction of sp³-hybridized carbons (Fsp3) is 0.273. The zero-order valence-corrected chi connectivity index (χ0v) is 18.0. The number of carbonyl (C=O) groups excluding carboxylic acids is 1. The van der Waals surface area contributed by atoms with Gasteiger partial charge >= 0.3 is 0 Å². The van der Waals surface area contributed by atoms with Crippen LogP contribution in [0, 0.1) is 6.92 Å². The highest BCUT2D eigenvalue weighted by Gasteiger charge is 2.30. The maximum atomic E-state index is 12.8. The van der Waals surface area contributed by atoms with Gasteiger partial charge in [0.2, 0.25) is 0 Å². The molecule has 9 heteroatoms. The van der Waals surface area contributed by atoms with Crippen molar-refractivity contribution in [1.82, 2.24) is 23.9 Å². The Balaban J connectivity index is 1.39. The zero-order chi connectivity index (χ0) is 21.4. The van der Waals surface area contributed by atoms with Crippen molar-refractivity contribution in [2.24, 2.45) is 0 Å². The molecule has 158 valence electrons. The van der Waals surface area contributed by atoms with E-state index in [0.717, 1.165) is 33.0 Å². The number of aryl methyl sites for hydroxylation is 1. The number of hydrogen-bond acceptors (Lipinski definition) is 7. The van der Waals surface area contributed by atoms with Crippen LogP contribution < -0.4 is 4.74 Å². The van der Waals surface area contributed by atoms with Gasteiger partial charge in [-0.2, -0.15) is 0 Å². The number of methoxy groups -OCH3 is 1. The molecule has 1 saturated heterocycles. The summed E-state index contributed by atoms with van der Waals surface area (Å²) in [6.07, 6.45) is 3.54. The molecule has 0 aliphatic carbocycles. The quantitative estimate of drug-likeness (QED) is 0.489. The number of morpholine rings is 1. The highest BCUT2D eigenvalue weighted by Crippen LogP contribution is 2.29. The highest BCUT2D eigenvalue weighted by molar-refractivity contribution is 7.05. The van der Waals surface area contributed by atoms with Gasteiger partial charge in [0.05, 0.1) is 42.7 Å². The molecule has 0 saturated carbocycles. The Kier molecular flexibility index (Phi) is 5.13. The molecule has 0 radical (unpaired) electrons. The van der Waals surface area contributed by atoms with Crippen molar-refractivity contribution in [3.05, 3.63) is 65.2 Å². The number of nitrogens with zero attached hydrogens (tertiary/aromatic N) is 5. The first-order chi connectivity index (χ1) is 15.1. The molecule has 0 bridgehead atoms. The molecule has 1 atom stereocenters. The number of benzene rings is 1. The molecule has 1 fully saturated rings. The van der Waals surface area contributed by atoms with Gasteiger partial charge in [-0.3, -0.25) is 4.79 Å². The predicted molar refractivity (Wildman–Crippen MR) is 116 cm³/mol. The summed E-state index contributed by atoms with van der Waals surface area (Å²) in [5.41, 5.74) is 4.38. The minimum atomic E-state index is -0.290. The summed E-state index contributed by atoms with van der Waals surface area (Å²) in [6.45, 7) is 3.28. The first-order valence-electron chi connectivity index (χ1n) is 9.95. The van der Waals surface area contributed by atoms with Gasteiger partial charge in [0.25, 0.3) is 5.91 Å². The molecule has 4 aromatic rings. The number of fused-ring (bicyclic) bond motifs is 1. The van der Waals surface area contributed by atoms with Crippen LogP contribution in [-0.2, 0) is 4.74 Å². The van der Waals surface area contributed by atoms with E-state index in [2.05, 4.69) is 20.6 Å². The van der Waals surface area contributed by atoms with Crippen LogP contribution in [0.4, 0.5) is 0 Å². The maximum Gasteiger partial charge on any atom is 0.275 e. The van der Waals surface area contributed by atoms with Gasteiger partial charge < -0.3 is 18.8 Å². The van der Waals surface area contributed by atoms with Crippen LogP contribution in [-0.4, -0.2) is 56.6 Å². The third-order valence-corrected chi connectivity index (χ3v) is 6.13. The molecule has 1 amide bonds. The van der Waals surface area contributed by atoms with Crippen molar-refractivity contribution >= 4 is 23.0 Å². The topological polar surface area (TPSA) is 81.8 Å². The Hall–Kier alpha value is -3.30. The molecule has 1 aromatic carbocycles. The molecule has 0 spiro atoms. The number of carbonyl (C=O) groups is 1. The molecule has 1 unspecified atom stereocenters. The lowest BCUT2D eigenvalue weighted by Gasteiger charge is -2.32. The van der Waals surface area contributed by atoms with E-state index in [-0.39, 0.29) is 12.0 Å². The average Bonchev–Trinajstić information content (AvgIpc) is 3.44. The van der Waals surface area contributed by atoms with Crippen molar-refractivity contribution in [3.8, 4) is 16.9 Å². The lowest BCUT2D eigenvalue weighted by atomic mass is 10.1. The molecule has 0 N–H and O–H groups in total. The van der Waals surface area contributed by atoms with E-state index in [1.165, 1.54) is 11.5 Å². The molecular weight excluding hydrogens is 414 g/mol. The molecule has 3 aromatic heterocycles. The largest absolute Gasteiger partial charge is 0.497 e. The average molecular weight is 436 g/mol. The first-order valence-corrected chi connectivity index (χ1v) is 10.7. The monoisotopic (exact) mass is 435 g/mol. The third-order valence-electron chi connectivity index (χ3n) is 5.50. The van der Waals surface area contributed by atoms with E-state index < -0.39 is 0 Å². The lowest BCUT2D eigenvalue weighted by Crippen LogP contribution is -2.42. The number of pyridine rings is 1. The summed E-state index contributed by atoms with van der Waals surface area (Å²) < 4.78 is 17.1. The Labute approximate surface area is 183 Å². The van der Waals surface area contributed by atoms with Gasteiger partial charge in [0.15, 0.2) is 5.69 Å². The molecule has 1 aliphatic rings. The van der Waals surface area contributed by atoms with Crippen molar-refractivity contribution in [3.63, 3.8) is 0 Å². The molecule has 4 heterocycles. The molecule has 5 rings (SSSR count). The van der Waals surface area contributed by atoms with Crippen LogP contribution in [0.5, 0.6) is 5.75 Å². The summed E-state index contributed by atoms with van der Waals surface area (Å²) in [7, 11) is 1.66. The van der Waals surface area contributed by atoms with Crippen molar-refractivity contribution in [2.75, 3.05) is 26.8 Å². The van der Waals surface area contributed by atoms with Gasteiger partial charge in [-0.25, -0.2) is 4.98 Å². The number of imidazole rings is 1. The summed E-state index contributed by atoms with van der Waals surface area (Å²) in [6, 6.07) is 12.1. The second-order valence-electron chi connectivity index (χ2n) is 7.36. The lowest BCUT2D eigenvalue weighted by molar-refractivity contribution is -0.0241. The summed E-state index contributed by atoms with van der Waals surface area (Å²) in [5, 5.41) is 3.99. The van der Waals surface area contributed by atoms with Crippen LogP contribution >= 0.6 is 11.5 Å². The Morgan fingerprint density at radius 1 is 1.19 bits per heavy atom. The van der Waals surface area contributed by atoms with E-state index in [4.69, 9.17) is 9.47 Å². The number of rotatable bonds is 4. The van der Waals surface area contributed by atoms with E-state index in [9.17, 15) is 4.79 Å². The number of ether oxygens (including phenoxy) is 2. The van der Waals surface area contributed by atoms with Crippen molar-refractivity contribution < 1.29 is 14.3 Å². The third kappa shape index (κ3) is 3.66. The smallest absolute Gasteiger partial charge is 0.275 e. The van der Waals surface area contributed by atoms with Crippen molar-refractivity contribution in [1.29, 1.82) is 0 Å². The van der Waals surface area contributed by atoms with E-state index >= 15 is 0 Å². The fourth-order valence-electron chi connectivity index (χ4n) is 3.80. The Morgan fingerprint density at radius 2 is 2.00 bits per heavy atom. The summed E-state index contributed by atoms with van der Waals surface area (Å²) in [4.78, 5) is 20.1. The predicted octanol–water partition coefficient (Wildman–Crippen LogP) is 3.38. The van der Waals surface area contributed by atoms with Gasteiger partial charge in [-0.1, -0.05) is 22.7 Å². The SMILES string of the molecule is COc1ccc(-c2ccc3c(C4CN(C(=O)c5nnsc5C)CCO4)ncn3c2)cc1. The van der Waals surface area contributed by atoms with E-state index in [0.29, 0.717) is 25.4 Å². The minimum Gasteiger partial charge on any atom is -0.497 e. The molecule has 31 heavy (non-hydrogen) atoms. The summed E-state index contributed by atoms with van der Waals surface area (Å²) >= 11 is 1.24. The molecule has 8 nitrogen and oxygen atoms in total. The summed E-state index contributed by atoms with van der Waals surface area (Å²) in [5.74, 6) is 0.719. The number of aromatic nitrogens is 4. The maximum absolute atomic E-state index is 12.8. The Morgan fingerprint density at radius 3 is 2.74 bits per heavy atom. The fourth-order valence-corrected chi connectivity index (χ4v) is 4.26. The number of hydrogen-bond donors (Lipinski definition) is 0. The highest BCUT2D eigenvalue weighted by atomic mass is 32.1. The molecule has 1 aliphatic heterocycles. The van der Waals surface area contributed by atoms with Gasteiger partial charge in [-0.15, -0.1) is 5.10 Å². The van der Waals surface area contributed by atoms with E-state index in [1.54, 1.807) is 18.3 Å². The standard InChI is InChI=1S/C22H21N5O3S/c1-14-20(24-25-31-14)22(28)26-9-10-30-19(12-26)21-18-8-5-16(11-27(18)13-23-21)15-3-6-17(29-2)7-4-15/h3-8,11,13,19H,9-10,12H2,1-2H3. The second-order valence-corrected chi connectivity index (χ2v) is 8.32. The van der Waals surface area contributed by atoms with Gasteiger partial charge in [0.1, 0.15) is 11.9 Å². The van der Waals surface area contributed by atoms with Crippen LogP contribution in [0.1, 0.15) is 27.2 Å². The van der Waals surface area contributed by atoms with Crippen LogP contribution in [0.15, 0.2) is 48.9 Å². The normalized spacial score (nSPS) is 16.6. The minimum absolute atomic E-state index is 0.107. The van der Waals surface area contributed by atoms with Gasteiger partial charge in [-0.05, 0) is 47.8 Å². The Bertz CT molecular complexity index is 1230. The van der Waals surface area contributed by atoms with Crippen molar-refractivity contribution in [2.45, 2.75) is 13.0 Å². The van der Waals surface area contributed by atoms with Crippen LogP contribution in [0.25, 0.3) is 16.6 Å². The van der Waals surface area contributed by atoms with Crippen LogP contribution in [0.2, 0.25) is 0 Å². The number of amides is 1. The molecular formula is C22H21N5O3S. The second kappa shape index (κ2) is 8.09. The van der Waals surface area contributed by atoms with Gasteiger partial charge in [0, 0.05) is 12.7 Å². The van der Waals surface area contributed by atoms with Crippen LogP contribution in [0.3, 0.4) is 0 Å². The van der Waals surface area contributed by atoms with E-state index in [1.807, 2.05) is 47.9 Å².